The van der Waals surface area contributed by atoms with Gasteiger partial charge in [-0.05, 0) is 30.2 Å². The molecule has 1 aromatic carbocycles. The fraction of sp³-hybridized carbons (Fsp3) is 0.304. The third-order valence-electron chi connectivity index (χ3n) is 5.95. The highest BCUT2D eigenvalue weighted by Crippen LogP contribution is 2.55. The maximum atomic E-state index is 11.9. The van der Waals surface area contributed by atoms with E-state index in [1.54, 1.807) is 26.2 Å². The Morgan fingerprint density at radius 2 is 2.00 bits per heavy atom. The lowest BCUT2D eigenvalue weighted by molar-refractivity contribution is -0.130. The van der Waals surface area contributed by atoms with Crippen molar-refractivity contribution in [2.45, 2.75) is 17.9 Å². The predicted octanol–water partition coefficient (Wildman–Crippen LogP) is 3.23. The Hall–Kier alpha value is -3.19. The normalized spacial score (nSPS) is 16.5. The van der Waals surface area contributed by atoms with Crippen LogP contribution in [0.15, 0.2) is 30.3 Å². The second-order valence-corrected chi connectivity index (χ2v) is 11.9. The van der Waals surface area contributed by atoms with Crippen molar-refractivity contribution in [3.05, 3.63) is 52.0 Å². The van der Waals surface area contributed by atoms with E-state index in [9.17, 15) is 18.7 Å². The number of likely N-dealkylation sites (N-methyl/N-ethyl adjacent to an activating group) is 1. The largest absolute Gasteiger partial charge is 0.484 e. The summed E-state index contributed by atoms with van der Waals surface area (Å²) in [6, 6.07) is 9.07. The van der Waals surface area contributed by atoms with Gasteiger partial charge >= 0.3 is 0 Å². The average molecular weight is 516 g/mol. The molecule has 0 fully saturated rings. The minimum atomic E-state index is -2.84. The SMILES string of the molecule is CN(C)C(=O)COc1ccc2c(c1)N(c1nc(-c3ccc(C(N)=O)s3)nc3c1CS(O)(O)C3)CC2. The lowest BCUT2D eigenvalue weighted by Crippen LogP contribution is -2.27. The van der Waals surface area contributed by atoms with Crippen LogP contribution in [0.25, 0.3) is 10.7 Å². The molecule has 4 N–H and O–H groups in total. The summed E-state index contributed by atoms with van der Waals surface area (Å²) in [5.41, 5.74) is 8.70. The number of carbonyl (C=O) groups excluding carboxylic acids is 2. The van der Waals surface area contributed by atoms with Crippen LogP contribution >= 0.6 is 21.9 Å². The fourth-order valence-corrected chi connectivity index (χ4v) is 6.48. The molecule has 10 nitrogen and oxygen atoms in total. The highest BCUT2D eigenvalue weighted by molar-refractivity contribution is 8.23. The first kappa shape index (κ1) is 23.5. The molecular weight excluding hydrogens is 490 g/mol. The molecule has 0 saturated heterocycles. The van der Waals surface area contributed by atoms with Crippen LogP contribution in [0.3, 0.4) is 0 Å². The molecule has 0 atom stereocenters. The van der Waals surface area contributed by atoms with Crippen molar-refractivity contribution < 1.29 is 23.4 Å². The van der Waals surface area contributed by atoms with E-state index < -0.39 is 16.5 Å². The maximum absolute atomic E-state index is 11.9. The van der Waals surface area contributed by atoms with Gasteiger partial charge < -0.3 is 20.3 Å². The summed E-state index contributed by atoms with van der Waals surface area (Å²) in [5.74, 6) is 1.07. The summed E-state index contributed by atoms with van der Waals surface area (Å²) in [4.78, 5) is 37.5. The lowest BCUT2D eigenvalue weighted by Gasteiger charge is -2.25. The number of hydrogen-bond donors (Lipinski definition) is 3. The number of hydrogen-bond acceptors (Lipinski definition) is 9. The zero-order valence-corrected chi connectivity index (χ0v) is 20.9. The quantitative estimate of drug-likeness (QED) is 0.454. The van der Waals surface area contributed by atoms with Crippen molar-refractivity contribution in [1.29, 1.82) is 0 Å². The van der Waals surface area contributed by atoms with Gasteiger partial charge in [0.2, 0.25) is 0 Å². The summed E-state index contributed by atoms with van der Waals surface area (Å²) >= 11 is 1.20. The summed E-state index contributed by atoms with van der Waals surface area (Å²) in [6.07, 6.45) is 0.779. The molecule has 184 valence electrons. The van der Waals surface area contributed by atoms with Crippen molar-refractivity contribution in [2.75, 3.05) is 32.1 Å². The third-order valence-corrected chi connectivity index (χ3v) is 8.54. The first-order valence-electron chi connectivity index (χ1n) is 10.9. The van der Waals surface area contributed by atoms with Gasteiger partial charge in [0.25, 0.3) is 11.8 Å². The summed E-state index contributed by atoms with van der Waals surface area (Å²) in [5, 5.41) is 0. The van der Waals surface area contributed by atoms with E-state index in [1.807, 2.05) is 23.1 Å². The number of ether oxygens (including phenoxy) is 1. The Balaban J connectivity index is 1.54. The topological polar surface area (TPSA) is 142 Å². The average Bonchev–Trinajstić information content (AvgIpc) is 3.52. The number of primary amides is 1. The summed E-state index contributed by atoms with van der Waals surface area (Å²) in [7, 11) is 0.505. The number of amides is 2. The monoisotopic (exact) mass is 515 g/mol. The Labute approximate surface area is 207 Å². The van der Waals surface area contributed by atoms with Crippen LogP contribution in [-0.4, -0.2) is 63.0 Å². The molecule has 2 amide bonds. The number of thiophene rings is 1. The second kappa shape index (κ2) is 8.79. The number of rotatable bonds is 6. The maximum Gasteiger partial charge on any atom is 0.259 e. The van der Waals surface area contributed by atoms with Gasteiger partial charge in [0.05, 0.1) is 27.0 Å². The van der Waals surface area contributed by atoms with E-state index in [0.717, 1.165) is 17.7 Å². The van der Waals surface area contributed by atoms with Gasteiger partial charge in [0.1, 0.15) is 11.6 Å². The summed E-state index contributed by atoms with van der Waals surface area (Å²) < 4.78 is 26.6. The second-order valence-electron chi connectivity index (χ2n) is 8.68. The molecule has 2 aliphatic rings. The molecule has 0 spiro atoms. The highest BCUT2D eigenvalue weighted by Gasteiger charge is 2.34. The van der Waals surface area contributed by atoms with Gasteiger partial charge in [-0.1, -0.05) is 6.07 Å². The number of fused-ring (bicyclic) bond motifs is 2. The summed E-state index contributed by atoms with van der Waals surface area (Å²) in [6.45, 7) is 0.578. The zero-order valence-electron chi connectivity index (χ0n) is 19.2. The fourth-order valence-electron chi connectivity index (χ4n) is 4.15. The highest BCUT2D eigenvalue weighted by atomic mass is 32.3. The van der Waals surface area contributed by atoms with Crippen LogP contribution < -0.4 is 15.4 Å². The molecule has 35 heavy (non-hydrogen) atoms. The van der Waals surface area contributed by atoms with E-state index in [-0.39, 0.29) is 24.0 Å². The number of aromatic nitrogens is 2. The van der Waals surface area contributed by atoms with E-state index >= 15 is 0 Å². The Bertz CT molecular complexity index is 1340. The van der Waals surface area contributed by atoms with E-state index in [2.05, 4.69) is 4.98 Å². The number of anilines is 2. The minimum absolute atomic E-state index is 0.0649. The molecule has 0 unspecified atom stereocenters. The molecule has 2 aliphatic heterocycles. The number of nitrogens with zero attached hydrogens (tertiary/aromatic N) is 4. The Morgan fingerprint density at radius 1 is 1.20 bits per heavy atom. The van der Waals surface area contributed by atoms with Crippen molar-refractivity contribution in [3.63, 3.8) is 0 Å². The van der Waals surface area contributed by atoms with E-state index in [1.165, 1.54) is 16.2 Å². The molecule has 0 bridgehead atoms. The molecule has 12 heteroatoms. The van der Waals surface area contributed by atoms with Crippen molar-refractivity contribution in [3.8, 4) is 16.5 Å². The number of nitrogens with two attached hydrogens (primary N) is 1. The van der Waals surface area contributed by atoms with Gasteiger partial charge in [-0.15, -0.1) is 11.3 Å². The first-order valence-corrected chi connectivity index (χ1v) is 13.6. The van der Waals surface area contributed by atoms with Crippen molar-refractivity contribution in [2.24, 2.45) is 5.73 Å². The molecule has 2 aromatic heterocycles. The molecule has 0 saturated carbocycles. The zero-order chi connectivity index (χ0) is 24.9. The number of benzene rings is 1. The van der Waals surface area contributed by atoms with Gasteiger partial charge in [0.15, 0.2) is 12.4 Å². The Kier molecular flexibility index (Phi) is 5.91. The Morgan fingerprint density at radius 3 is 2.71 bits per heavy atom. The van der Waals surface area contributed by atoms with Crippen LogP contribution in [0.5, 0.6) is 5.75 Å². The van der Waals surface area contributed by atoms with Gasteiger partial charge in [0, 0.05) is 38.0 Å². The van der Waals surface area contributed by atoms with Crippen LogP contribution in [0.4, 0.5) is 11.5 Å². The van der Waals surface area contributed by atoms with Gasteiger partial charge in [-0.3, -0.25) is 18.7 Å². The minimum Gasteiger partial charge on any atom is -0.484 e. The van der Waals surface area contributed by atoms with Crippen LogP contribution in [0, 0.1) is 0 Å². The third kappa shape index (κ3) is 4.57. The molecule has 3 aromatic rings. The smallest absolute Gasteiger partial charge is 0.259 e. The number of carbonyl (C=O) groups is 2. The predicted molar refractivity (Wildman–Crippen MR) is 135 cm³/mol. The van der Waals surface area contributed by atoms with Crippen LogP contribution in [0.1, 0.15) is 26.5 Å². The molecule has 5 rings (SSSR count). The van der Waals surface area contributed by atoms with Crippen molar-refractivity contribution >= 4 is 45.2 Å². The van der Waals surface area contributed by atoms with Crippen molar-refractivity contribution in [1.82, 2.24) is 14.9 Å². The molecule has 4 heterocycles. The molecule has 0 aliphatic carbocycles. The van der Waals surface area contributed by atoms with E-state index in [4.69, 9.17) is 15.5 Å². The first-order chi connectivity index (χ1) is 16.6. The van der Waals surface area contributed by atoms with Crippen LogP contribution in [-0.2, 0) is 22.7 Å². The van der Waals surface area contributed by atoms with Gasteiger partial charge in [-0.2, -0.15) is 10.6 Å². The van der Waals surface area contributed by atoms with E-state index in [0.29, 0.717) is 44.9 Å². The van der Waals surface area contributed by atoms with Crippen LogP contribution in [0.2, 0.25) is 0 Å². The molecule has 0 radical (unpaired) electrons. The standard InChI is InChI=1S/C23H25N5O5S2/c1-27(2)20(29)10-33-14-4-3-13-7-8-28(17(13)9-14)23-15-11-35(31,32)12-16(15)25-22(26-23)19-6-5-18(34-19)21(24)30/h3-6,9,31-32H,7-8,10-12H2,1-2H3,(H2,24,30). The molecular formula is C23H25N5O5S2. The lowest BCUT2D eigenvalue weighted by atomic mass is 10.1. The van der Waals surface area contributed by atoms with Gasteiger partial charge in [-0.25, -0.2) is 9.97 Å².